The lowest BCUT2D eigenvalue weighted by atomic mass is 10.2. The molecule has 0 unspecified atom stereocenters. The molecule has 0 saturated heterocycles. The Hall–Kier alpha value is -1.71. The highest BCUT2D eigenvalue weighted by molar-refractivity contribution is 9.10. The second-order valence-corrected chi connectivity index (χ2v) is 5.74. The highest BCUT2D eigenvalue weighted by atomic mass is 79.9. The van der Waals surface area contributed by atoms with Crippen LogP contribution in [0.1, 0.15) is 10.4 Å². The Morgan fingerprint density at radius 2 is 2.32 bits per heavy atom. The largest absolute Gasteiger partial charge is 0.492 e. The Morgan fingerprint density at radius 1 is 1.53 bits per heavy atom. The molecule has 0 radical (unpaired) electrons. The van der Waals surface area contributed by atoms with Gasteiger partial charge in [0, 0.05) is 11.0 Å². The Morgan fingerprint density at radius 3 is 2.95 bits per heavy atom. The van der Waals surface area contributed by atoms with Crippen LogP contribution in [-0.2, 0) is 6.54 Å². The number of thiophene rings is 1. The highest BCUT2D eigenvalue weighted by Gasteiger charge is 2.16. The van der Waals surface area contributed by atoms with Gasteiger partial charge in [0.25, 0.3) is 0 Å². The van der Waals surface area contributed by atoms with Crippen molar-refractivity contribution in [2.75, 3.05) is 18.2 Å². The molecule has 6 heteroatoms. The summed E-state index contributed by atoms with van der Waals surface area (Å²) in [6.07, 6.45) is 0. The topological polar surface area (TPSA) is 71.1 Å². The summed E-state index contributed by atoms with van der Waals surface area (Å²) in [6, 6.07) is 10.1. The Bertz CT molecular complexity index is 633. The monoisotopic (exact) mass is 337 g/mol. The summed E-state index contributed by atoms with van der Waals surface area (Å²) < 4.78 is 6.26. The minimum absolute atomic E-state index is 0.395. The zero-order valence-electron chi connectivity index (χ0n) is 10.2. The molecular weight excluding hydrogens is 326 g/mol. The maximum atomic E-state index is 8.96. The van der Waals surface area contributed by atoms with Crippen molar-refractivity contribution >= 4 is 38.0 Å². The van der Waals surface area contributed by atoms with E-state index in [-0.39, 0.29) is 0 Å². The normalized spacial score (nSPS) is 9.95. The zero-order chi connectivity index (χ0) is 13.8. The number of nitrogens with one attached hydrogen (secondary N) is 1. The molecular formula is C13H12BrN3OS. The number of nitrogens with two attached hydrogens (primary N) is 1. The van der Waals surface area contributed by atoms with Crippen LogP contribution in [0.5, 0.6) is 5.75 Å². The molecule has 3 N–H and O–H groups in total. The lowest BCUT2D eigenvalue weighted by Gasteiger charge is -2.07. The first-order valence-electron chi connectivity index (χ1n) is 5.50. The Kier molecular flexibility index (Phi) is 4.30. The Labute approximate surface area is 123 Å². The van der Waals surface area contributed by atoms with Crippen LogP contribution in [0, 0.1) is 11.3 Å². The number of halogens is 1. The van der Waals surface area contributed by atoms with Gasteiger partial charge in [0.05, 0.1) is 7.11 Å². The second kappa shape index (κ2) is 5.95. The van der Waals surface area contributed by atoms with Crippen LogP contribution in [0.2, 0.25) is 0 Å². The molecule has 1 aromatic carbocycles. The molecule has 1 heterocycles. The molecule has 0 fully saturated rings. The van der Waals surface area contributed by atoms with E-state index in [2.05, 4.69) is 27.3 Å². The van der Waals surface area contributed by atoms with Gasteiger partial charge < -0.3 is 15.8 Å². The molecule has 98 valence electrons. The van der Waals surface area contributed by atoms with Crippen molar-refractivity contribution in [3.8, 4) is 11.8 Å². The maximum Gasteiger partial charge on any atom is 0.177 e. The molecule has 0 aliphatic carbocycles. The molecule has 2 rings (SSSR count). The van der Waals surface area contributed by atoms with Gasteiger partial charge in [-0.1, -0.05) is 28.1 Å². The van der Waals surface area contributed by atoms with Crippen molar-refractivity contribution in [1.82, 2.24) is 0 Å². The van der Waals surface area contributed by atoms with Crippen molar-refractivity contribution in [3.63, 3.8) is 0 Å². The van der Waals surface area contributed by atoms with Crippen molar-refractivity contribution < 1.29 is 4.74 Å². The Balaban J connectivity index is 2.18. The first-order valence-corrected chi connectivity index (χ1v) is 7.11. The van der Waals surface area contributed by atoms with E-state index in [0.717, 1.165) is 15.0 Å². The van der Waals surface area contributed by atoms with Crippen molar-refractivity contribution in [2.24, 2.45) is 0 Å². The van der Waals surface area contributed by atoms with Crippen molar-refractivity contribution in [2.45, 2.75) is 6.54 Å². The van der Waals surface area contributed by atoms with E-state index in [1.54, 1.807) is 7.11 Å². The molecule has 0 spiro atoms. The fraction of sp³-hybridized carbons (Fsp3) is 0.154. The lowest BCUT2D eigenvalue weighted by molar-refractivity contribution is 0.420. The number of hydrogen-bond acceptors (Lipinski definition) is 5. The molecule has 2 aromatic rings. The predicted molar refractivity (Wildman–Crippen MR) is 81.5 cm³/mol. The van der Waals surface area contributed by atoms with Gasteiger partial charge in [-0.25, -0.2) is 0 Å². The number of anilines is 2. The van der Waals surface area contributed by atoms with Crippen LogP contribution in [0.15, 0.2) is 28.7 Å². The molecule has 0 saturated carbocycles. The van der Waals surface area contributed by atoms with Gasteiger partial charge >= 0.3 is 0 Å². The van der Waals surface area contributed by atoms with E-state index in [0.29, 0.717) is 22.9 Å². The quantitative estimate of drug-likeness (QED) is 0.894. The van der Waals surface area contributed by atoms with Gasteiger partial charge in [0.2, 0.25) is 0 Å². The summed E-state index contributed by atoms with van der Waals surface area (Å²) in [7, 11) is 1.55. The summed E-state index contributed by atoms with van der Waals surface area (Å²) in [4.78, 5) is 0.466. The summed E-state index contributed by atoms with van der Waals surface area (Å²) >= 11 is 4.73. The van der Waals surface area contributed by atoms with E-state index in [4.69, 9.17) is 15.7 Å². The number of methoxy groups -OCH3 is 1. The molecule has 0 aliphatic heterocycles. The van der Waals surface area contributed by atoms with Crippen LogP contribution < -0.4 is 15.8 Å². The number of nitrogens with zero attached hydrogens (tertiary/aromatic N) is 1. The average Bonchev–Trinajstić information content (AvgIpc) is 2.72. The lowest BCUT2D eigenvalue weighted by Crippen LogP contribution is -1.99. The van der Waals surface area contributed by atoms with Crippen LogP contribution in [0.4, 0.5) is 10.7 Å². The summed E-state index contributed by atoms with van der Waals surface area (Å²) in [5, 5.41) is 13.0. The van der Waals surface area contributed by atoms with Gasteiger partial charge in [-0.3, -0.25) is 0 Å². The first kappa shape index (κ1) is 13.7. The van der Waals surface area contributed by atoms with E-state index in [9.17, 15) is 0 Å². The van der Waals surface area contributed by atoms with Crippen LogP contribution in [0.3, 0.4) is 0 Å². The van der Waals surface area contributed by atoms with Crippen molar-refractivity contribution in [1.29, 1.82) is 5.26 Å². The van der Waals surface area contributed by atoms with Crippen LogP contribution in [-0.4, -0.2) is 7.11 Å². The first-order chi connectivity index (χ1) is 9.15. The van der Waals surface area contributed by atoms with Crippen LogP contribution in [0.25, 0.3) is 0 Å². The highest BCUT2D eigenvalue weighted by Crippen LogP contribution is 2.42. The van der Waals surface area contributed by atoms with Gasteiger partial charge in [0.15, 0.2) is 5.75 Å². The third kappa shape index (κ3) is 3.00. The zero-order valence-corrected chi connectivity index (χ0v) is 12.6. The third-order valence-electron chi connectivity index (χ3n) is 2.55. The summed E-state index contributed by atoms with van der Waals surface area (Å²) in [5.74, 6) is 0.538. The molecule has 1 aromatic heterocycles. The number of hydrogen-bond donors (Lipinski definition) is 2. The minimum Gasteiger partial charge on any atom is -0.492 e. The number of nitriles is 1. The summed E-state index contributed by atoms with van der Waals surface area (Å²) in [6.45, 7) is 0.640. The molecule has 4 nitrogen and oxygen atoms in total. The van der Waals surface area contributed by atoms with E-state index >= 15 is 0 Å². The van der Waals surface area contributed by atoms with E-state index in [1.165, 1.54) is 11.3 Å². The van der Waals surface area contributed by atoms with Gasteiger partial charge in [-0.15, -0.1) is 11.3 Å². The second-order valence-electron chi connectivity index (χ2n) is 3.80. The maximum absolute atomic E-state index is 8.96. The fourth-order valence-electron chi connectivity index (χ4n) is 1.66. The number of benzene rings is 1. The fourth-order valence-corrected chi connectivity index (χ4v) is 2.99. The van der Waals surface area contributed by atoms with Gasteiger partial charge in [0.1, 0.15) is 21.6 Å². The average molecular weight is 338 g/mol. The molecule has 0 bridgehead atoms. The third-order valence-corrected chi connectivity index (χ3v) is 4.09. The number of rotatable bonds is 4. The number of nitrogen functional groups attached to an aromatic ring is 1. The van der Waals surface area contributed by atoms with Crippen molar-refractivity contribution in [3.05, 3.63) is 39.2 Å². The standard InChI is InChI=1S/C13H12BrN3OS/c1-18-12-11(16)10(6-15)19-13(12)17-7-8-3-2-4-9(14)5-8/h2-5,17H,7,16H2,1H3. The van der Waals surface area contributed by atoms with E-state index in [1.807, 2.05) is 24.3 Å². The molecule has 0 aliphatic rings. The number of ether oxygens (including phenoxy) is 1. The predicted octanol–water partition coefficient (Wildman–Crippen LogP) is 3.59. The van der Waals surface area contributed by atoms with Gasteiger partial charge in [-0.2, -0.15) is 5.26 Å². The van der Waals surface area contributed by atoms with E-state index < -0.39 is 0 Å². The van der Waals surface area contributed by atoms with Crippen LogP contribution >= 0.6 is 27.3 Å². The van der Waals surface area contributed by atoms with Gasteiger partial charge in [-0.05, 0) is 17.7 Å². The summed E-state index contributed by atoms with van der Waals surface area (Å²) in [5.41, 5.74) is 7.36. The smallest absolute Gasteiger partial charge is 0.177 e. The SMILES string of the molecule is COc1c(NCc2cccc(Br)c2)sc(C#N)c1N. The molecule has 0 amide bonds. The molecule has 0 atom stereocenters. The molecule has 19 heavy (non-hydrogen) atoms. The minimum atomic E-state index is 0.395.